The number of rotatable bonds is 10. The molecule has 0 aliphatic heterocycles. The number of hydrogen-bond acceptors (Lipinski definition) is 5. The molecule has 2 aromatic carbocycles. The van der Waals surface area contributed by atoms with E-state index < -0.39 is 5.82 Å². The van der Waals surface area contributed by atoms with E-state index in [1.165, 1.54) is 20.3 Å². The number of methoxy groups -OCH3 is 2. The molecule has 0 spiro atoms. The van der Waals surface area contributed by atoms with Crippen LogP contribution in [0, 0.1) is 12.7 Å². The smallest absolute Gasteiger partial charge is 0.255 e. The summed E-state index contributed by atoms with van der Waals surface area (Å²) in [7, 11) is 2.94. The monoisotopic (exact) mass is 504 g/mol. The number of benzene rings is 2. The van der Waals surface area contributed by atoms with E-state index in [4.69, 9.17) is 9.47 Å². The molecular weight excluding hydrogens is 475 g/mol. The fraction of sp³-hybridized carbons (Fsp3) is 0.250. The van der Waals surface area contributed by atoms with Crippen molar-refractivity contribution in [3.05, 3.63) is 117 Å². The second-order valence-electron chi connectivity index (χ2n) is 8.66. The summed E-state index contributed by atoms with van der Waals surface area (Å²) in [6.07, 6.45) is 3.42. The van der Waals surface area contributed by atoms with Gasteiger partial charge in [0, 0.05) is 37.7 Å². The van der Waals surface area contributed by atoms with Crippen molar-refractivity contribution < 1.29 is 18.7 Å². The molecule has 2 heterocycles. The predicted octanol–water partition coefficient (Wildman–Crippen LogP) is 3.67. The van der Waals surface area contributed by atoms with E-state index in [1.807, 2.05) is 30.3 Å². The van der Waals surface area contributed by atoms with Gasteiger partial charge in [-0.15, -0.1) is 0 Å². The fourth-order valence-electron chi connectivity index (χ4n) is 4.04. The zero-order chi connectivity index (χ0) is 26.4. The van der Waals surface area contributed by atoms with Crippen LogP contribution in [0.1, 0.15) is 38.3 Å². The number of nitrogens with zero attached hydrogens (tertiary/aromatic N) is 3. The highest BCUT2D eigenvalue weighted by atomic mass is 19.1. The van der Waals surface area contributed by atoms with Gasteiger partial charge in [0.2, 0.25) is 0 Å². The Hall–Kier alpha value is -4.24. The Morgan fingerprint density at radius 3 is 2.43 bits per heavy atom. The van der Waals surface area contributed by atoms with Gasteiger partial charge in [0.05, 0.1) is 32.4 Å². The maximum absolute atomic E-state index is 14.7. The molecule has 0 aliphatic carbocycles. The van der Waals surface area contributed by atoms with E-state index in [-0.39, 0.29) is 30.4 Å². The number of nitrogens with one attached hydrogen (secondary N) is 1. The van der Waals surface area contributed by atoms with Crippen molar-refractivity contribution in [3.8, 4) is 5.75 Å². The lowest BCUT2D eigenvalue weighted by atomic mass is 10.1. The maximum Gasteiger partial charge on any atom is 0.255 e. The first-order chi connectivity index (χ1) is 17.9. The average molecular weight is 505 g/mol. The molecule has 37 heavy (non-hydrogen) atoms. The lowest BCUT2D eigenvalue weighted by Gasteiger charge is -2.12. The van der Waals surface area contributed by atoms with Gasteiger partial charge in [-0.05, 0) is 35.7 Å². The van der Waals surface area contributed by atoms with Crippen LogP contribution in [-0.2, 0) is 31.0 Å². The van der Waals surface area contributed by atoms with E-state index in [1.54, 1.807) is 46.8 Å². The Kier molecular flexibility index (Phi) is 8.15. The molecule has 4 aromatic rings. The molecule has 0 unspecified atom stereocenters. The van der Waals surface area contributed by atoms with Gasteiger partial charge in [0.15, 0.2) is 11.6 Å². The van der Waals surface area contributed by atoms with Crippen molar-refractivity contribution in [1.82, 2.24) is 19.7 Å². The Morgan fingerprint density at radius 2 is 1.76 bits per heavy atom. The summed E-state index contributed by atoms with van der Waals surface area (Å²) in [5, 5.41) is 7.32. The van der Waals surface area contributed by atoms with Crippen molar-refractivity contribution >= 4 is 5.91 Å². The number of pyridine rings is 1. The summed E-state index contributed by atoms with van der Waals surface area (Å²) in [4.78, 5) is 24.9. The summed E-state index contributed by atoms with van der Waals surface area (Å²) in [6, 6.07) is 16.3. The van der Waals surface area contributed by atoms with E-state index in [0.717, 1.165) is 11.1 Å². The van der Waals surface area contributed by atoms with E-state index in [0.29, 0.717) is 35.5 Å². The molecule has 9 heteroatoms. The van der Waals surface area contributed by atoms with Crippen LogP contribution in [0.15, 0.2) is 71.8 Å². The van der Waals surface area contributed by atoms with Crippen molar-refractivity contribution in [2.75, 3.05) is 14.2 Å². The Morgan fingerprint density at radius 1 is 1.03 bits per heavy atom. The van der Waals surface area contributed by atoms with Crippen LogP contribution < -0.4 is 15.6 Å². The van der Waals surface area contributed by atoms with Gasteiger partial charge in [0.1, 0.15) is 5.69 Å². The predicted molar refractivity (Wildman–Crippen MR) is 137 cm³/mol. The fourth-order valence-corrected chi connectivity index (χ4v) is 4.04. The van der Waals surface area contributed by atoms with Crippen LogP contribution in [0.25, 0.3) is 0 Å². The van der Waals surface area contributed by atoms with Crippen LogP contribution >= 0.6 is 0 Å². The van der Waals surface area contributed by atoms with Gasteiger partial charge < -0.3 is 19.4 Å². The zero-order valence-corrected chi connectivity index (χ0v) is 21.0. The summed E-state index contributed by atoms with van der Waals surface area (Å²) < 4.78 is 28.3. The minimum absolute atomic E-state index is 0.0112. The Bertz CT molecular complexity index is 1440. The van der Waals surface area contributed by atoms with Gasteiger partial charge in [-0.25, -0.2) is 4.39 Å². The molecule has 192 valence electrons. The molecule has 0 atom stereocenters. The highest BCUT2D eigenvalue weighted by Crippen LogP contribution is 2.23. The molecule has 1 amide bonds. The molecule has 0 bridgehead atoms. The quantitative estimate of drug-likeness (QED) is 0.356. The summed E-state index contributed by atoms with van der Waals surface area (Å²) in [5.41, 5.74) is 3.86. The topological polar surface area (TPSA) is 87.4 Å². The third-order valence-electron chi connectivity index (χ3n) is 6.07. The lowest BCUT2D eigenvalue weighted by molar-refractivity contribution is 0.0945. The van der Waals surface area contributed by atoms with Gasteiger partial charge in [-0.2, -0.15) is 5.10 Å². The first kappa shape index (κ1) is 25.8. The molecular formula is C28H29FN4O4. The number of aryl methyl sites for hydroxylation is 1. The number of carbonyl (C=O) groups is 1. The van der Waals surface area contributed by atoms with Crippen LogP contribution in [0.3, 0.4) is 0 Å². The molecule has 2 aromatic heterocycles. The van der Waals surface area contributed by atoms with E-state index >= 15 is 0 Å². The largest absolute Gasteiger partial charge is 0.494 e. The van der Waals surface area contributed by atoms with Crippen molar-refractivity contribution in [2.45, 2.75) is 33.2 Å². The highest BCUT2D eigenvalue weighted by molar-refractivity contribution is 5.95. The van der Waals surface area contributed by atoms with Crippen molar-refractivity contribution in [1.29, 1.82) is 0 Å². The second-order valence-corrected chi connectivity index (χ2v) is 8.66. The molecule has 0 saturated carbocycles. The van der Waals surface area contributed by atoms with E-state index in [9.17, 15) is 14.0 Å². The molecule has 0 radical (unpaired) electrons. The first-order valence-electron chi connectivity index (χ1n) is 11.8. The average Bonchev–Trinajstić information content (AvgIpc) is 3.29. The number of halogens is 1. The molecule has 0 aliphatic rings. The normalized spacial score (nSPS) is 10.9. The van der Waals surface area contributed by atoms with Gasteiger partial charge in [-0.1, -0.05) is 36.4 Å². The molecule has 0 saturated heterocycles. The minimum Gasteiger partial charge on any atom is -0.494 e. The second kappa shape index (κ2) is 11.7. The number of hydrogen-bond donors (Lipinski definition) is 1. The summed E-state index contributed by atoms with van der Waals surface area (Å²) in [5.74, 6) is -0.732. The van der Waals surface area contributed by atoms with Crippen LogP contribution in [0.2, 0.25) is 0 Å². The lowest BCUT2D eigenvalue weighted by Crippen LogP contribution is -2.24. The Balaban J connectivity index is 1.46. The third-order valence-corrected chi connectivity index (χ3v) is 6.07. The first-order valence-corrected chi connectivity index (χ1v) is 11.8. The number of ether oxygens (including phenoxy) is 2. The standard InChI is InChI=1S/C28H29FN4O4/c1-19-7-12-25(37-3)27(29)22(19)14-30-28(35)23-17-33(31-24(23)18-36-2)16-21-10-8-20(9-11-21)15-32-13-5-4-6-26(32)34/h4-13,17H,14-16,18H2,1-3H3,(H,30,35). The third kappa shape index (κ3) is 6.13. The van der Waals surface area contributed by atoms with Crippen LogP contribution in [-0.4, -0.2) is 34.5 Å². The van der Waals surface area contributed by atoms with Crippen molar-refractivity contribution in [2.24, 2.45) is 0 Å². The zero-order valence-electron chi connectivity index (χ0n) is 21.0. The number of carbonyl (C=O) groups excluding carboxylic acids is 1. The van der Waals surface area contributed by atoms with Crippen LogP contribution in [0.5, 0.6) is 5.75 Å². The summed E-state index contributed by atoms with van der Waals surface area (Å²) >= 11 is 0. The van der Waals surface area contributed by atoms with Gasteiger partial charge in [-0.3, -0.25) is 14.3 Å². The van der Waals surface area contributed by atoms with Gasteiger partial charge >= 0.3 is 0 Å². The highest BCUT2D eigenvalue weighted by Gasteiger charge is 2.18. The SMILES string of the molecule is COCc1nn(Cc2ccc(Cn3ccccc3=O)cc2)cc1C(=O)NCc1c(C)ccc(OC)c1F. The van der Waals surface area contributed by atoms with Crippen LogP contribution in [0.4, 0.5) is 4.39 Å². The van der Waals surface area contributed by atoms with Gasteiger partial charge in [0.25, 0.3) is 11.5 Å². The Labute approximate surface area is 214 Å². The maximum atomic E-state index is 14.7. The van der Waals surface area contributed by atoms with E-state index in [2.05, 4.69) is 10.4 Å². The molecule has 0 fully saturated rings. The number of amides is 1. The molecule has 8 nitrogen and oxygen atoms in total. The summed E-state index contributed by atoms with van der Waals surface area (Å²) in [6.45, 7) is 2.88. The number of aromatic nitrogens is 3. The molecule has 4 rings (SSSR count). The van der Waals surface area contributed by atoms with Crippen molar-refractivity contribution in [3.63, 3.8) is 0 Å². The molecule has 1 N–H and O–H groups in total. The minimum atomic E-state index is -0.490.